The fraction of sp³-hybridized carbons (Fsp3) is 0.111. The number of hydrogen-bond acceptors (Lipinski definition) is 3. The summed E-state index contributed by atoms with van der Waals surface area (Å²) >= 11 is 3.20. The predicted octanol–water partition coefficient (Wildman–Crippen LogP) is 3.94. The number of phenolic OH excluding ortho intramolecular Hbond substituents is 1. The number of nitrogens with zero attached hydrogens (tertiary/aromatic N) is 1. The molecule has 116 valence electrons. The second-order valence-corrected chi connectivity index (χ2v) is 5.84. The van der Waals surface area contributed by atoms with Crippen LogP contribution in [0.3, 0.4) is 0 Å². The standard InChI is InChI=1S/C18H15BrN2O2/c1-12(14-5-3-2-4-6-14)21-18(23)15(11-20)9-13-7-8-17(22)16(19)10-13/h2-10,12,22H,1H3,(H,21,23)/b15-9-/t12-/m1/s1. The Labute approximate surface area is 143 Å². The Hall–Kier alpha value is -2.58. The topological polar surface area (TPSA) is 73.1 Å². The summed E-state index contributed by atoms with van der Waals surface area (Å²) in [5, 5.41) is 21.5. The molecule has 1 atom stereocenters. The van der Waals surface area contributed by atoms with Gasteiger partial charge in [-0.3, -0.25) is 4.79 Å². The van der Waals surface area contributed by atoms with E-state index in [1.165, 1.54) is 12.1 Å². The molecule has 0 aliphatic heterocycles. The molecule has 2 rings (SSSR count). The largest absolute Gasteiger partial charge is 0.507 e. The van der Waals surface area contributed by atoms with E-state index >= 15 is 0 Å². The van der Waals surface area contributed by atoms with Gasteiger partial charge in [0.2, 0.25) is 0 Å². The number of phenols is 1. The Bertz CT molecular complexity index is 779. The summed E-state index contributed by atoms with van der Waals surface area (Å²) in [6.07, 6.45) is 1.48. The molecular weight excluding hydrogens is 356 g/mol. The summed E-state index contributed by atoms with van der Waals surface area (Å²) in [7, 11) is 0. The van der Waals surface area contributed by atoms with Crippen LogP contribution in [0.1, 0.15) is 24.1 Å². The minimum Gasteiger partial charge on any atom is -0.507 e. The third-order valence-corrected chi connectivity index (χ3v) is 3.93. The van der Waals surface area contributed by atoms with Crippen LogP contribution in [-0.2, 0) is 4.79 Å². The minimum absolute atomic E-state index is 0.00497. The average Bonchev–Trinajstić information content (AvgIpc) is 2.56. The lowest BCUT2D eigenvalue weighted by molar-refractivity contribution is -0.117. The van der Waals surface area contributed by atoms with E-state index in [0.29, 0.717) is 10.0 Å². The van der Waals surface area contributed by atoms with Gasteiger partial charge in [-0.2, -0.15) is 5.26 Å². The summed E-state index contributed by atoms with van der Waals surface area (Å²) in [6, 6.07) is 16.0. The lowest BCUT2D eigenvalue weighted by Crippen LogP contribution is -2.27. The van der Waals surface area contributed by atoms with Crippen molar-refractivity contribution in [3.8, 4) is 11.8 Å². The van der Waals surface area contributed by atoms with Crippen LogP contribution in [0.5, 0.6) is 5.75 Å². The van der Waals surface area contributed by atoms with Crippen LogP contribution >= 0.6 is 15.9 Å². The first-order valence-electron chi connectivity index (χ1n) is 6.97. The SMILES string of the molecule is C[C@@H](NC(=O)/C(C#N)=C\c1ccc(O)c(Br)c1)c1ccccc1. The van der Waals surface area contributed by atoms with Crippen LogP contribution in [0.4, 0.5) is 0 Å². The number of carbonyl (C=O) groups excluding carboxylic acids is 1. The number of rotatable bonds is 4. The van der Waals surface area contributed by atoms with Crippen molar-refractivity contribution in [3.05, 3.63) is 69.7 Å². The van der Waals surface area contributed by atoms with Crippen molar-refractivity contribution in [1.29, 1.82) is 5.26 Å². The molecule has 0 radical (unpaired) electrons. The summed E-state index contributed by atoms with van der Waals surface area (Å²) in [5.41, 5.74) is 1.62. The van der Waals surface area contributed by atoms with Gasteiger partial charge in [0, 0.05) is 0 Å². The van der Waals surface area contributed by atoms with Crippen molar-refractivity contribution in [2.45, 2.75) is 13.0 Å². The van der Waals surface area contributed by atoms with Gasteiger partial charge < -0.3 is 10.4 Å². The van der Waals surface area contributed by atoms with Crippen LogP contribution in [0.15, 0.2) is 58.6 Å². The van der Waals surface area contributed by atoms with E-state index in [2.05, 4.69) is 21.2 Å². The second kappa shape index (κ2) is 7.61. The number of benzene rings is 2. The first-order chi connectivity index (χ1) is 11.0. The zero-order valence-electron chi connectivity index (χ0n) is 12.5. The van der Waals surface area contributed by atoms with Gasteiger partial charge >= 0.3 is 0 Å². The molecule has 0 saturated heterocycles. The van der Waals surface area contributed by atoms with Gasteiger partial charge in [0.05, 0.1) is 10.5 Å². The van der Waals surface area contributed by atoms with Crippen molar-refractivity contribution in [2.24, 2.45) is 0 Å². The van der Waals surface area contributed by atoms with Gasteiger partial charge in [0.1, 0.15) is 17.4 Å². The van der Waals surface area contributed by atoms with Gasteiger partial charge in [0.25, 0.3) is 5.91 Å². The van der Waals surface area contributed by atoms with Gasteiger partial charge in [-0.25, -0.2) is 0 Å². The number of nitriles is 1. The molecule has 0 heterocycles. The summed E-state index contributed by atoms with van der Waals surface area (Å²) < 4.78 is 0.501. The maximum Gasteiger partial charge on any atom is 0.262 e. The Morgan fingerprint density at radius 3 is 2.61 bits per heavy atom. The molecule has 2 N–H and O–H groups in total. The molecule has 23 heavy (non-hydrogen) atoms. The summed E-state index contributed by atoms with van der Waals surface area (Å²) in [5.74, 6) is -0.337. The molecule has 2 aromatic carbocycles. The van der Waals surface area contributed by atoms with Crippen LogP contribution in [0.25, 0.3) is 6.08 Å². The van der Waals surface area contributed by atoms with Crippen LogP contribution < -0.4 is 5.32 Å². The second-order valence-electron chi connectivity index (χ2n) is 4.99. The lowest BCUT2D eigenvalue weighted by atomic mass is 10.1. The Morgan fingerprint density at radius 2 is 2.00 bits per heavy atom. The van der Waals surface area contributed by atoms with Crippen LogP contribution in [-0.4, -0.2) is 11.0 Å². The molecule has 0 saturated carbocycles. The zero-order chi connectivity index (χ0) is 16.8. The van der Waals surface area contributed by atoms with Gasteiger partial charge in [-0.05, 0) is 52.2 Å². The number of amides is 1. The molecule has 0 fully saturated rings. The number of aromatic hydroxyl groups is 1. The van der Waals surface area contributed by atoms with Crippen molar-refractivity contribution < 1.29 is 9.90 Å². The third kappa shape index (κ3) is 4.44. The fourth-order valence-electron chi connectivity index (χ4n) is 2.03. The van der Waals surface area contributed by atoms with E-state index in [4.69, 9.17) is 0 Å². The number of halogens is 1. The Balaban J connectivity index is 2.17. The van der Waals surface area contributed by atoms with E-state index in [-0.39, 0.29) is 17.4 Å². The van der Waals surface area contributed by atoms with Crippen LogP contribution in [0.2, 0.25) is 0 Å². The highest BCUT2D eigenvalue weighted by molar-refractivity contribution is 9.10. The molecule has 0 spiro atoms. The highest BCUT2D eigenvalue weighted by Crippen LogP contribution is 2.25. The molecule has 0 aliphatic carbocycles. The van der Waals surface area contributed by atoms with Crippen molar-refractivity contribution in [1.82, 2.24) is 5.32 Å². The fourth-order valence-corrected chi connectivity index (χ4v) is 2.42. The quantitative estimate of drug-likeness (QED) is 0.632. The van der Waals surface area contributed by atoms with E-state index < -0.39 is 5.91 Å². The van der Waals surface area contributed by atoms with Crippen molar-refractivity contribution >= 4 is 27.9 Å². The molecular formula is C18H15BrN2O2. The summed E-state index contributed by atoms with van der Waals surface area (Å²) in [4.78, 5) is 12.3. The van der Waals surface area contributed by atoms with Crippen molar-refractivity contribution in [3.63, 3.8) is 0 Å². The predicted molar refractivity (Wildman–Crippen MR) is 92.4 cm³/mol. The smallest absolute Gasteiger partial charge is 0.262 e. The van der Waals surface area contributed by atoms with Crippen molar-refractivity contribution in [2.75, 3.05) is 0 Å². The molecule has 0 aliphatic rings. The first-order valence-corrected chi connectivity index (χ1v) is 7.76. The normalized spacial score (nSPS) is 12.3. The Morgan fingerprint density at radius 1 is 1.30 bits per heavy atom. The lowest BCUT2D eigenvalue weighted by Gasteiger charge is -2.13. The van der Waals surface area contributed by atoms with Crippen LogP contribution in [0, 0.1) is 11.3 Å². The number of nitrogens with one attached hydrogen (secondary N) is 1. The van der Waals surface area contributed by atoms with E-state index in [9.17, 15) is 15.2 Å². The summed E-state index contributed by atoms with van der Waals surface area (Å²) in [6.45, 7) is 1.86. The molecule has 1 amide bonds. The number of carbonyl (C=O) groups is 1. The monoisotopic (exact) mass is 370 g/mol. The van der Waals surface area contributed by atoms with E-state index in [1.54, 1.807) is 12.1 Å². The average molecular weight is 371 g/mol. The third-order valence-electron chi connectivity index (χ3n) is 3.29. The Kier molecular flexibility index (Phi) is 5.56. The van der Waals surface area contributed by atoms with Gasteiger partial charge in [-0.15, -0.1) is 0 Å². The van der Waals surface area contributed by atoms with E-state index in [0.717, 1.165) is 5.56 Å². The van der Waals surface area contributed by atoms with Gasteiger partial charge in [-0.1, -0.05) is 36.4 Å². The maximum absolute atomic E-state index is 12.3. The maximum atomic E-state index is 12.3. The molecule has 4 nitrogen and oxygen atoms in total. The first kappa shape index (κ1) is 16.8. The number of hydrogen-bond donors (Lipinski definition) is 2. The highest BCUT2D eigenvalue weighted by Gasteiger charge is 2.13. The molecule has 5 heteroatoms. The molecule has 0 bridgehead atoms. The minimum atomic E-state index is -0.437. The molecule has 0 unspecified atom stereocenters. The van der Waals surface area contributed by atoms with E-state index in [1.807, 2.05) is 43.3 Å². The molecule has 2 aromatic rings. The zero-order valence-corrected chi connectivity index (χ0v) is 14.0. The molecule has 0 aromatic heterocycles. The van der Waals surface area contributed by atoms with Gasteiger partial charge in [0.15, 0.2) is 0 Å². The highest BCUT2D eigenvalue weighted by atomic mass is 79.9.